The lowest BCUT2D eigenvalue weighted by molar-refractivity contribution is 0.372. The Balaban J connectivity index is 1.90. The van der Waals surface area contributed by atoms with Gasteiger partial charge in [0.05, 0.1) is 21.7 Å². The molecule has 3 rings (SSSR count). The van der Waals surface area contributed by atoms with Gasteiger partial charge in [0, 0.05) is 12.0 Å². The first-order valence-electron chi connectivity index (χ1n) is 8.58. The molecule has 3 aromatic rings. The van der Waals surface area contributed by atoms with E-state index in [-0.39, 0.29) is 10.3 Å². The molecule has 2 aromatic heterocycles. The van der Waals surface area contributed by atoms with E-state index in [1.165, 1.54) is 23.9 Å². The van der Waals surface area contributed by atoms with Gasteiger partial charge >= 0.3 is 0 Å². The Morgan fingerprint density at radius 3 is 2.59 bits per heavy atom. The van der Waals surface area contributed by atoms with Crippen LogP contribution in [0.3, 0.4) is 0 Å². The smallest absolute Gasteiger partial charge is 0.238 e. The molecule has 0 amide bonds. The van der Waals surface area contributed by atoms with Gasteiger partial charge in [0.1, 0.15) is 0 Å². The molecule has 8 nitrogen and oxygen atoms in total. The Morgan fingerprint density at radius 1 is 1.26 bits per heavy atom. The van der Waals surface area contributed by atoms with Crippen LogP contribution >= 0.6 is 11.8 Å². The third-order valence-electron chi connectivity index (χ3n) is 3.92. The van der Waals surface area contributed by atoms with E-state index < -0.39 is 10.0 Å². The number of hydrogen-bond acceptors (Lipinski definition) is 7. The highest BCUT2D eigenvalue weighted by molar-refractivity contribution is 7.98. The second kappa shape index (κ2) is 7.25. The number of benzene rings is 1. The van der Waals surface area contributed by atoms with Gasteiger partial charge in [-0.25, -0.2) is 18.5 Å². The largest absolute Gasteiger partial charge is 0.338 e. The number of aryl methyl sites for hydroxylation is 1. The van der Waals surface area contributed by atoms with Crippen molar-refractivity contribution in [2.24, 2.45) is 5.14 Å². The van der Waals surface area contributed by atoms with Gasteiger partial charge in [0.25, 0.3) is 0 Å². The van der Waals surface area contributed by atoms with Crippen LogP contribution in [0, 0.1) is 0 Å². The molecule has 0 spiro atoms. The van der Waals surface area contributed by atoms with Gasteiger partial charge in [-0.3, -0.25) is 0 Å². The van der Waals surface area contributed by atoms with E-state index in [1.807, 2.05) is 20.8 Å². The highest BCUT2D eigenvalue weighted by Crippen LogP contribution is 2.29. The fourth-order valence-electron chi connectivity index (χ4n) is 2.56. The summed E-state index contributed by atoms with van der Waals surface area (Å²) in [4.78, 5) is 9.09. The van der Waals surface area contributed by atoms with Crippen molar-refractivity contribution in [2.45, 2.75) is 61.9 Å². The van der Waals surface area contributed by atoms with Gasteiger partial charge in [0.15, 0.2) is 11.0 Å². The zero-order chi connectivity index (χ0) is 19.8. The van der Waals surface area contributed by atoms with Crippen LogP contribution in [-0.2, 0) is 27.7 Å². The number of thioether (sulfide) groups is 1. The van der Waals surface area contributed by atoms with Crippen molar-refractivity contribution in [3.8, 4) is 0 Å². The number of aromatic nitrogens is 4. The van der Waals surface area contributed by atoms with E-state index in [2.05, 4.69) is 26.6 Å². The first-order chi connectivity index (χ1) is 12.6. The summed E-state index contributed by atoms with van der Waals surface area (Å²) in [6.45, 7) is 8.92. The van der Waals surface area contributed by atoms with E-state index >= 15 is 0 Å². The molecular formula is C17H23N5O3S2. The fourth-order valence-corrected chi connectivity index (χ4v) is 3.97. The molecule has 0 fully saturated rings. The molecule has 0 aliphatic rings. The summed E-state index contributed by atoms with van der Waals surface area (Å²) in [6, 6.07) is 4.76. The number of imidazole rings is 1. The summed E-state index contributed by atoms with van der Waals surface area (Å²) >= 11 is 1.48. The van der Waals surface area contributed by atoms with Crippen LogP contribution in [0.15, 0.2) is 32.8 Å². The second-order valence-electron chi connectivity index (χ2n) is 7.29. The van der Waals surface area contributed by atoms with Gasteiger partial charge in [-0.05, 0) is 24.6 Å². The van der Waals surface area contributed by atoms with Crippen molar-refractivity contribution < 1.29 is 12.9 Å². The zero-order valence-corrected chi connectivity index (χ0v) is 17.4. The molecule has 1 aromatic carbocycles. The number of primary sulfonamides is 1. The van der Waals surface area contributed by atoms with Crippen molar-refractivity contribution in [1.29, 1.82) is 0 Å². The molecule has 0 saturated carbocycles. The maximum absolute atomic E-state index is 11.6. The average molecular weight is 410 g/mol. The predicted octanol–water partition coefficient (Wildman–Crippen LogP) is 3.07. The molecule has 2 heterocycles. The van der Waals surface area contributed by atoms with Crippen LogP contribution in [0.25, 0.3) is 11.0 Å². The van der Waals surface area contributed by atoms with E-state index in [0.29, 0.717) is 23.0 Å². The highest BCUT2D eigenvalue weighted by Gasteiger charge is 2.21. The Labute approximate surface area is 162 Å². The minimum atomic E-state index is -3.77. The number of nitrogens with zero attached hydrogens (tertiary/aromatic N) is 4. The van der Waals surface area contributed by atoms with Crippen LogP contribution < -0.4 is 5.14 Å². The van der Waals surface area contributed by atoms with Crippen LogP contribution in [0.2, 0.25) is 0 Å². The van der Waals surface area contributed by atoms with Gasteiger partial charge < -0.3 is 9.09 Å². The molecule has 10 heteroatoms. The average Bonchev–Trinajstić information content (AvgIpc) is 3.17. The summed E-state index contributed by atoms with van der Waals surface area (Å²) in [7, 11) is -3.77. The molecule has 2 N–H and O–H groups in total. The van der Waals surface area contributed by atoms with E-state index in [9.17, 15) is 8.42 Å². The lowest BCUT2D eigenvalue weighted by Gasteiger charge is -2.10. The number of hydrogen-bond donors (Lipinski definition) is 1. The lowest BCUT2D eigenvalue weighted by Crippen LogP contribution is -2.13. The molecule has 0 aliphatic heterocycles. The Morgan fingerprint density at radius 2 is 2.00 bits per heavy atom. The summed E-state index contributed by atoms with van der Waals surface area (Å²) in [5.41, 5.74) is 1.29. The minimum Gasteiger partial charge on any atom is -0.338 e. The van der Waals surface area contributed by atoms with Crippen LogP contribution in [0.5, 0.6) is 0 Å². The zero-order valence-electron chi connectivity index (χ0n) is 15.8. The maximum atomic E-state index is 11.6. The van der Waals surface area contributed by atoms with Crippen molar-refractivity contribution >= 4 is 32.8 Å². The molecule has 0 bridgehead atoms. The standard InChI is InChI=1S/C17H23N5O3S2/c1-5-8-22-13-7-6-11(27(18,23)24)9-12(13)19-16(22)26-10-14-20-15(21-25-14)17(2,3)4/h6-7,9H,5,8,10H2,1-4H3,(H2,18,23,24). The summed E-state index contributed by atoms with van der Waals surface area (Å²) in [6.07, 6.45) is 0.921. The third-order valence-corrected chi connectivity index (χ3v) is 5.80. The lowest BCUT2D eigenvalue weighted by atomic mass is 9.96. The number of rotatable bonds is 6. The number of nitrogens with two attached hydrogens (primary N) is 1. The monoisotopic (exact) mass is 409 g/mol. The van der Waals surface area contributed by atoms with E-state index in [4.69, 9.17) is 9.66 Å². The van der Waals surface area contributed by atoms with Gasteiger partial charge in [-0.1, -0.05) is 44.6 Å². The Bertz CT molecular complexity index is 1060. The molecule has 0 saturated heterocycles. The molecule has 27 heavy (non-hydrogen) atoms. The fraction of sp³-hybridized carbons (Fsp3) is 0.471. The summed E-state index contributed by atoms with van der Waals surface area (Å²) in [5.74, 6) is 1.68. The topological polar surface area (TPSA) is 117 Å². The predicted molar refractivity (Wildman–Crippen MR) is 104 cm³/mol. The van der Waals surface area contributed by atoms with Gasteiger partial charge in [-0.2, -0.15) is 4.98 Å². The van der Waals surface area contributed by atoms with Crippen LogP contribution in [0.4, 0.5) is 0 Å². The molecule has 146 valence electrons. The normalized spacial score (nSPS) is 12.8. The second-order valence-corrected chi connectivity index (χ2v) is 9.80. The molecule has 0 atom stereocenters. The van der Waals surface area contributed by atoms with Crippen LogP contribution in [0.1, 0.15) is 45.8 Å². The van der Waals surface area contributed by atoms with Crippen molar-refractivity contribution in [3.05, 3.63) is 29.9 Å². The number of fused-ring (bicyclic) bond motifs is 1. The molecule has 0 radical (unpaired) electrons. The summed E-state index contributed by atoms with van der Waals surface area (Å²) < 4.78 is 30.6. The van der Waals surface area contributed by atoms with Crippen molar-refractivity contribution in [3.63, 3.8) is 0 Å². The first-order valence-corrected chi connectivity index (χ1v) is 11.1. The van der Waals surface area contributed by atoms with Gasteiger partial charge in [0.2, 0.25) is 15.9 Å². The molecule has 0 aliphatic carbocycles. The highest BCUT2D eigenvalue weighted by atomic mass is 32.2. The van der Waals surface area contributed by atoms with Gasteiger partial charge in [-0.15, -0.1) is 0 Å². The first kappa shape index (κ1) is 19.8. The van der Waals surface area contributed by atoms with E-state index in [0.717, 1.165) is 23.6 Å². The SMILES string of the molecule is CCCn1c(SCc2nc(C(C)(C)C)no2)nc2cc(S(N)(=O)=O)ccc21. The van der Waals surface area contributed by atoms with Crippen molar-refractivity contribution in [2.75, 3.05) is 0 Å². The number of sulfonamides is 1. The van der Waals surface area contributed by atoms with E-state index in [1.54, 1.807) is 6.07 Å². The maximum Gasteiger partial charge on any atom is 0.238 e. The minimum absolute atomic E-state index is 0.0550. The Hall–Kier alpha value is -1.91. The third kappa shape index (κ3) is 4.33. The Kier molecular flexibility index (Phi) is 5.33. The van der Waals surface area contributed by atoms with Crippen LogP contribution in [-0.4, -0.2) is 28.1 Å². The molecule has 0 unspecified atom stereocenters. The molecular weight excluding hydrogens is 386 g/mol. The van der Waals surface area contributed by atoms with Crippen molar-refractivity contribution in [1.82, 2.24) is 19.7 Å². The quantitative estimate of drug-likeness (QED) is 0.622. The summed E-state index contributed by atoms with van der Waals surface area (Å²) in [5, 5.41) is 10.0.